The van der Waals surface area contributed by atoms with Gasteiger partial charge >= 0.3 is 0 Å². The molecule has 10 rings (SSSR count). The number of nitrogens with one attached hydrogen (secondary N) is 13. The molecule has 4 aliphatic rings. The first-order valence-electron chi connectivity index (χ1n) is 44.5. The van der Waals surface area contributed by atoms with Crippen molar-refractivity contribution >= 4 is 134 Å². The van der Waals surface area contributed by atoms with Crippen LogP contribution in [0.1, 0.15) is 160 Å². The van der Waals surface area contributed by atoms with E-state index in [1.165, 1.54) is 79.6 Å². The Morgan fingerprint density at radius 2 is 1.01 bits per heavy atom. The number of nitrogens with two attached hydrogens (primary N) is 2. The van der Waals surface area contributed by atoms with Crippen molar-refractivity contribution in [1.29, 1.82) is 0 Å². The number of hydrogen-bond acceptors (Lipinski definition) is 20. The third kappa shape index (κ3) is 26.4. The van der Waals surface area contributed by atoms with Crippen LogP contribution in [0.4, 0.5) is 0 Å². The summed E-state index contributed by atoms with van der Waals surface area (Å²) in [5, 5.41) is 39.2. The average molecular weight is 1820 g/mol. The molecule has 4 saturated heterocycles. The molecule has 18 N–H and O–H groups in total. The Labute approximate surface area is 757 Å². The third-order valence-electron chi connectivity index (χ3n) is 24.4. The summed E-state index contributed by atoms with van der Waals surface area (Å²) in [7, 11) is 4.09. The first-order chi connectivity index (χ1) is 62.1. The first kappa shape index (κ1) is 99.3. The molecule has 4 aliphatic heterocycles. The van der Waals surface area contributed by atoms with Crippen molar-refractivity contribution in [2.75, 3.05) is 52.3 Å². The summed E-state index contributed by atoms with van der Waals surface area (Å²) in [4.78, 5) is 272. The number of H-pyrrole nitrogens is 3. The van der Waals surface area contributed by atoms with Gasteiger partial charge in [0.05, 0.1) is 25.0 Å². The fourth-order valence-electron chi connectivity index (χ4n) is 17.0. The smallest absolute Gasteiger partial charge is 0.246 e. The largest absolute Gasteiger partial charge is 0.508 e. The van der Waals surface area contributed by atoms with E-state index in [4.69, 9.17) is 11.5 Å². The van der Waals surface area contributed by atoms with E-state index in [0.717, 1.165) is 21.6 Å². The number of para-hydroxylation sites is 2. The Hall–Kier alpha value is -12.9. The minimum atomic E-state index is -1.74. The standard InChI is InChI=1S/C90H123N21O18S/c1-9-11-27-70-83(122)100-62-26-18-17-25-61(79(118)105-67(40-54-44-95-60-24-16-14-22-58(54)60)87(126)109(8)73(28-12-10-2)90(129)108(70)7)99-81(120)63(39-53-43-94-59-23-15-13-21-57(53)59)101-84(123)71-29-19-35-110(71)88(127)65(37-50(3)4)104-82(121)64(41-55-45-93-49-97-55)102-85(124)72-30-20-36-111(72)89(128)68(42-74(91)113)103-77(116)51(5)107(6)86(125)66(38-52-31-33-56(112)34-32-52)98-76(115)48-130-47-69(106-80(62)119)78(117)96-46-75(92)114/h13-16,21-24,31-34,43-45,49-51,61-73,94-95,112H,9-12,17-20,25-30,35-42,46-48H2,1-8H3,(H2,91,113)(H2,92,114)(H,93,97)(H,96,117)(H,98,115)(H,99,120)(H,100,122)(H,101,123)(H,102,124)(H,103,116)(H,104,121)(H,105,118)(H,106,119)/t51-,61-,62-,63-,64-,65-,66?,67-,68-,69-,70-,71-,72-,73-/m0/s1. The molecule has 0 radical (unpaired) electrons. The van der Waals surface area contributed by atoms with Crippen LogP contribution in [0.25, 0.3) is 21.8 Å². The van der Waals surface area contributed by atoms with Gasteiger partial charge in [-0.25, -0.2) is 4.98 Å². The van der Waals surface area contributed by atoms with Gasteiger partial charge in [-0.1, -0.05) is 115 Å². The number of unbranched alkanes of at least 4 members (excludes halogenated alkanes) is 2. The van der Waals surface area contributed by atoms with Gasteiger partial charge in [0.25, 0.3) is 0 Å². The van der Waals surface area contributed by atoms with Crippen molar-refractivity contribution in [3.05, 3.63) is 120 Å². The molecular formula is C90H123N21O18S. The molecule has 3 aromatic carbocycles. The van der Waals surface area contributed by atoms with Gasteiger partial charge in [-0.2, -0.15) is 0 Å². The van der Waals surface area contributed by atoms with Crippen LogP contribution in [0.15, 0.2) is 97.7 Å². The van der Waals surface area contributed by atoms with E-state index in [2.05, 4.69) is 73.1 Å². The number of primary amides is 2. The number of fused-ring (bicyclic) bond motifs is 9. The Morgan fingerprint density at radius 1 is 0.508 bits per heavy atom. The Balaban J connectivity index is 1.07. The molecule has 1 unspecified atom stereocenters. The lowest BCUT2D eigenvalue weighted by Gasteiger charge is -2.36. The van der Waals surface area contributed by atoms with Gasteiger partial charge in [0, 0.05) is 112 Å². The van der Waals surface area contributed by atoms with Crippen molar-refractivity contribution in [1.82, 2.24) is 97.6 Å². The number of amides is 17. The number of carbonyl (C=O) groups excluding carboxylic acids is 17. The molecular weight excluding hydrogens is 1700 g/mol. The van der Waals surface area contributed by atoms with Crippen LogP contribution < -0.4 is 64.6 Å². The van der Waals surface area contributed by atoms with Crippen LogP contribution in [0.5, 0.6) is 5.75 Å². The number of hydrogen-bond donors (Lipinski definition) is 16. The molecule has 39 nitrogen and oxygen atoms in total. The van der Waals surface area contributed by atoms with E-state index >= 15 is 43.2 Å². The van der Waals surface area contributed by atoms with E-state index in [1.54, 1.807) is 24.5 Å². The number of thioether (sulfide) groups is 1. The molecule has 4 fully saturated rings. The average Bonchev–Trinajstić information content (AvgIpc) is 1.78. The van der Waals surface area contributed by atoms with Crippen LogP contribution in [-0.2, 0) is 107 Å². The highest BCUT2D eigenvalue weighted by Crippen LogP contribution is 2.28. The normalized spacial score (nSPS) is 25.3. The summed E-state index contributed by atoms with van der Waals surface area (Å²) in [6.45, 7) is 7.90. The number of imidazole rings is 1. The van der Waals surface area contributed by atoms with Gasteiger partial charge in [-0.05, 0) is 112 Å². The second kappa shape index (κ2) is 46.9. The number of phenols is 1. The number of likely N-dealkylation sites (N-methyl/N-ethyl adjacent to an activating group) is 3. The molecule has 3 aromatic heterocycles. The molecule has 0 spiro atoms. The minimum Gasteiger partial charge on any atom is -0.508 e. The SMILES string of the molecule is CCCC[C@H]1C(=O)N(C)[C@@H](CCCC)C(=O)N[C@H]2CCCC[C@H](NC(=O)[C@H](Cc3c[nH]c4ccccc34)NC(=O)[C@@H]3CCCN3C(=O)[C@H](CC(C)C)NC(=O)[C@H](Cc3cnc[nH]3)NC(=O)[C@@H]3CCCN3C(=O)[C@H](CC(N)=O)NC(=O)[C@H](C)N(C)C(=O)C(Cc3ccc(O)cc3)NC(=O)CSC[C@@H](C(=O)NCC(N)=O)NC2=O)C(=O)N[C@@H](Cc2c[nH]c3ccccc23)C(=O)N1C. The van der Waals surface area contributed by atoms with Crippen molar-refractivity contribution in [3.8, 4) is 5.75 Å². The maximum Gasteiger partial charge on any atom is 0.246 e. The van der Waals surface area contributed by atoms with Gasteiger partial charge < -0.3 is 109 Å². The predicted molar refractivity (Wildman–Crippen MR) is 481 cm³/mol. The number of nitrogens with zero attached hydrogens (tertiary/aromatic N) is 6. The number of rotatable bonds is 21. The van der Waals surface area contributed by atoms with Gasteiger partial charge in [-0.3, -0.25) is 81.5 Å². The summed E-state index contributed by atoms with van der Waals surface area (Å²) in [6.07, 6.45) is 6.57. The summed E-state index contributed by atoms with van der Waals surface area (Å²) in [5.41, 5.74) is 14.6. The highest BCUT2D eigenvalue weighted by atomic mass is 32.2. The van der Waals surface area contributed by atoms with E-state index in [0.29, 0.717) is 69.9 Å². The molecule has 40 heteroatoms. The lowest BCUT2D eigenvalue weighted by molar-refractivity contribution is -0.149. The fourth-order valence-corrected chi connectivity index (χ4v) is 17.9. The number of phenolic OH excluding ortho intramolecular Hbond substituents is 1. The van der Waals surface area contributed by atoms with Crippen LogP contribution in [0.3, 0.4) is 0 Å². The van der Waals surface area contributed by atoms with Crippen LogP contribution in [0.2, 0.25) is 0 Å². The van der Waals surface area contributed by atoms with Gasteiger partial charge in [0.2, 0.25) is 100 Å². The molecule has 0 aliphatic carbocycles. The molecule has 14 atom stereocenters. The molecule has 7 heterocycles. The summed E-state index contributed by atoms with van der Waals surface area (Å²) >= 11 is 0.782. The number of aromatic amines is 3. The molecule has 17 amide bonds. The number of benzene rings is 3. The van der Waals surface area contributed by atoms with Gasteiger partial charge in [-0.15, -0.1) is 11.8 Å². The molecule has 130 heavy (non-hydrogen) atoms. The predicted octanol–water partition coefficient (Wildman–Crippen LogP) is 0.419. The molecule has 702 valence electrons. The summed E-state index contributed by atoms with van der Waals surface area (Å²) in [6, 6.07) is -0.348. The van der Waals surface area contributed by atoms with E-state index < -0.39 is 209 Å². The Kier molecular flexibility index (Phi) is 35.8. The van der Waals surface area contributed by atoms with Gasteiger partial charge in [0.1, 0.15) is 90.3 Å². The number of carbonyl (C=O) groups is 17. The second-order valence-corrected chi connectivity index (χ2v) is 35.4. The maximum absolute atomic E-state index is 15.9. The Morgan fingerprint density at radius 3 is 1.57 bits per heavy atom. The van der Waals surface area contributed by atoms with Crippen molar-refractivity contribution < 1.29 is 86.6 Å². The van der Waals surface area contributed by atoms with E-state index in [9.17, 15) is 43.5 Å². The molecule has 2 bridgehead atoms. The quantitative estimate of drug-likeness (QED) is 0.0464. The van der Waals surface area contributed by atoms with Crippen LogP contribution >= 0.6 is 11.8 Å². The third-order valence-corrected chi connectivity index (χ3v) is 25.4. The van der Waals surface area contributed by atoms with E-state index in [-0.39, 0.29) is 121 Å². The minimum absolute atomic E-state index is 0.00530. The second-order valence-electron chi connectivity index (χ2n) is 34.4. The number of aromatic hydroxyl groups is 1. The lowest BCUT2D eigenvalue weighted by atomic mass is 9.99. The zero-order valence-electron chi connectivity index (χ0n) is 74.7. The highest BCUT2D eigenvalue weighted by Gasteiger charge is 2.46. The summed E-state index contributed by atoms with van der Waals surface area (Å²) < 4.78 is 0. The maximum atomic E-state index is 15.9. The Bertz CT molecular complexity index is 5060. The molecule has 6 aromatic rings. The topological polar surface area (TPSA) is 559 Å². The van der Waals surface area contributed by atoms with Gasteiger partial charge in [0.15, 0.2) is 0 Å². The zero-order chi connectivity index (χ0) is 94.2. The van der Waals surface area contributed by atoms with Crippen LogP contribution in [-0.4, -0.2) is 287 Å². The van der Waals surface area contributed by atoms with Crippen LogP contribution in [0, 0.1) is 5.92 Å². The van der Waals surface area contributed by atoms with Crippen molar-refractivity contribution in [3.63, 3.8) is 0 Å². The fraction of sp³-hybridized carbons (Fsp3) is 0.533. The number of aromatic nitrogens is 4. The zero-order valence-corrected chi connectivity index (χ0v) is 75.5. The highest BCUT2D eigenvalue weighted by molar-refractivity contribution is 8.00. The first-order valence-corrected chi connectivity index (χ1v) is 45.7. The lowest BCUT2D eigenvalue weighted by Crippen LogP contribution is -2.61. The molecule has 0 saturated carbocycles. The van der Waals surface area contributed by atoms with Crippen molar-refractivity contribution in [2.24, 2.45) is 17.4 Å². The van der Waals surface area contributed by atoms with Crippen molar-refractivity contribution in [2.45, 2.75) is 248 Å². The monoisotopic (exact) mass is 1820 g/mol. The van der Waals surface area contributed by atoms with E-state index in [1.807, 2.05) is 64.1 Å². The summed E-state index contributed by atoms with van der Waals surface area (Å²) in [5.74, 6) is -16.1.